The number of aryl methyl sites for hydroxylation is 1. The molecule has 0 amide bonds. The van der Waals surface area contributed by atoms with Gasteiger partial charge < -0.3 is 4.74 Å². The van der Waals surface area contributed by atoms with Crippen molar-refractivity contribution in [1.29, 1.82) is 5.41 Å². The first kappa shape index (κ1) is 18.3. The summed E-state index contributed by atoms with van der Waals surface area (Å²) in [6.07, 6.45) is 1.57. The molecule has 1 aromatic carbocycles. The van der Waals surface area contributed by atoms with Gasteiger partial charge in [0.05, 0.1) is 23.4 Å². The van der Waals surface area contributed by atoms with Gasteiger partial charge in [0, 0.05) is 11.8 Å². The number of ether oxygens (including phenoxy) is 1. The Hall–Kier alpha value is -2.47. The number of nitrogens with zero attached hydrogens (tertiary/aromatic N) is 3. The molecule has 2 aromatic heterocycles. The van der Waals surface area contributed by atoms with E-state index in [4.69, 9.17) is 21.7 Å². The third kappa shape index (κ3) is 2.94. The largest absolute Gasteiger partial charge is 0.478 e. The third-order valence-corrected chi connectivity index (χ3v) is 4.44. The van der Waals surface area contributed by atoms with Crippen molar-refractivity contribution < 1.29 is 9.13 Å². The Labute approximate surface area is 156 Å². The van der Waals surface area contributed by atoms with Gasteiger partial charge in [-0.25, -0.2) is 13.9 Å². The number of benzene rings is 1. The van der Waals surface area contributed by atoms with Crippen molar-refractivity contribution in [2.45, 2.75) is 33.6 Å². The first-order valence-electron chi connectivity index (χ1n) is 8.41. The van der Waals surface area contributed by atoms with Crippen LogP contribution in [0.1, 0.15) is 43.5 Å². The zero-order chi connectivity index (χ0) is 19.0. The molecule has 0 bridgehead atoms. The van der Waals surface area contributed by atoms with Gasteiger partial charge in [0.25, 0.3) is 0 Å². The number of hydrogen-bond acceptors (Lipinski definition) is 4. The minimum absolute atomic E-state index is 0.0282. The molecule has 7 heteroatoms. The predicted octanol–water partition coefficient (Wildman–Crippen LogP) is 4.98. The van der Waals surface area contributed by atoms with E-state index in [0.29, 0.717) is 34.5 Å². The maximum atomic E-state index is 14.7. The smallest absolute Gasteiger partial charge is 0.216 e. The molecule has 0 radical (unpaired) electrons. The van der Waals surface area contributed by atoms with Crippen LogP contribution in [-0.4, -0.2) is 27.1 Å². The van der Waals surface area contributed by atoms with Crippen LogP contribution in [-0.2, 0) is 4.74 Å². The molecule has 26 heavy (non-hydrogen) atoms. The zero-order valence-electron chi connectivity index (χ0n) is 15.1. The van der Waals surface area contributed by atoms with E-state index in [-0.39, 0.29) is 22.8 Å². The van der Waals surface area contributed by atoms with Gasteiger partial charge in [-0.05, 0) is 25.3 Å². The number of rotatable bonds is 4. The Morgan fingerprint density at radius 2 is 2.12 bits per heavy atom. The van der Waals surface area contributed by atoms with E-state index in [0.717, 1.165) is 5.69 Å². The number of hydrogen-bond donors (Lipinski definition) is 1. The van der Waals surface area contributed by atoms with Crippen LogP contribution in [0.15, 0.2) is 24.4 Å². The van der Waals surface area contributed by atoms with Crippen LogP contribution in [0.25, 0.3) is 16.8 Å². The molecular formula is C19H20ClFN4O. The fourth-order valence-corrected chi connectivity index (χ4v) is 3.26. The fourth-order valence-electron chi connectivity index (χ4n) is 3.00. The lowest BCUT2D eigenvalue weighted by Gasteiger charge is -2.15. The van der Waals surface area contributed by atoms with Crippen LogP contribution in [0.2, 0.25) is 5.15 Å². The van der Waals surface area contributed by atoms with Gasteiger partial charge in [-0.2, -0.15) is 5.10 Å². The lowest BCUT2D eigenvalue weighted by Crippen LogP contribution is -2.14. The van der Waals surface area contributed by atoms with Crippen LogP contribution in [0, 0.1) is 18.2 Å². The second-order valence-electron chi connectivity index (χ2n) is 6.31. The molecule has 0 aliphatic heterocycles. The Bertz CT molecular complexity index is 997. The van der Waals surface area contributed by atoms with E-state index in [1.807, 2.05) is 20.8 Å². The quantitative estimate of drug-likeness (QED) is 0.517. The van der Waals surface area contributed by atoms with Crippen molar-refractivity contribution in [3.8, 4) is 11.1 Å². The van der Waals surface area contributed by atoms with Crippen molar-refractivity contribution in [2.75, 3.05) is 6.61 Å². The molecule has 3 aromatic rings. The molecule has 0 aliphatic carbocycles. The molecular weight excluding hydrogens is 355 g/mol. The van der Waals surface area contributed by atoms with Gasteiger partial charge in [0.2, 0.25) is 5.90 Å². The molecule has 0 spiro atoms. The summed E-state index contributed by atoms with van der Waals surface area (Å²) in [5.41, 5.74) is 3.08. The molecule has 1 N–H and O–H groups in total. The summed E-state index contributed by atoms with van der Waals surface area (Å²) >= 11 is 6.37. The van der Waals surface area contributed by atoms with Crippen molar-refractivity contribution in [3.63, 3.8) is 0 Å². The Morgan fingerprint density at radius 3 is 2.77 bits per heavy atom. The zero-order valence-corrected chi connectivity index (χ0v) is 15.9. The summed E-state index contributed by atoms with van der Waals surface area (Å²) in [6, 6.07) is 5.14. The van der Waals surface area contributed by atoms with E-state index in [1.165, 1.54) is 0 Å². The van der Waals surface area contributed by atoms with Crippen LogP contribution in [0.5, 0.6) is 0 Å². The van der Waals surface area contributed by atoms with Gasteiger partial charge in [-0.3, -0.25) is 5.41 Å². The normalized spacial score (nSPS) is 11.3. The van der Waals surface area contributed by atoms with Gasteiger partial charge in [0.15, 0.2) is 10.8 Å². The molecule has 3 rings (SSSR count). The summed E-state index contributed by atoms with van der Waals surface area (Å²) in [5.74, 6) is -0.286. The lowest BCUT2D eigenvalue weighted by atomic mass is 10.0. The van der Waals surface area contributed by atoms with Crippen molar-refractivity contribution in [1.82, 2.24) is 14.6 Å². The highest BCUT2D eigenvalue weighted by Crippen LogP contribution is 2.35. The Balaban J connectivity index is 2.32. The van der Waals surface area contributed by atoms with Crippen LogP contribution < -0.4 is 0 Å². The van der Waals surface area contributed by atoms with E-state index < -0.39 is 0 Å². The molecule has 5 nitrogen and oxygen atoms in total. The highest BCUT2D eigenvalue weighted by molar-refractivity contribution is 6.33. The molecule has 0 unspecified atom stereocenters. The van der Waals surface area contributed by atoms with Gasteiger partial charge in [-0.15, -0.1) is 0 Å². The number of nitrogens with one attached hydrogen (secondary N) is 1. The number of aromatic nitrogens is 3. The van der Waals surface area contributed by atoms with Crippen LogP contribution in [0.3, 0.4) is 0 Å². The second-order valence-corrected chi connectivity index (χ2v) is 6.67. The summed E-state index contributed by atoms with van der Waals surface area (Å²) in [7, 11) is 0. The van der Waals surface area contributed by atoms with Gasteiger partial charge >= 0.3 is 0 Å². The SMILES string of the molecule is CCOC(=N)c1cnc2c(-c3cccc(C)c3F)c(Cl)nn2c1C(C)C. The molecule has 0 saturated heterocycles. The molecule has 0 atom stereocenters. The highest BCUT2D eigenvalue weighted by atomic mass is 35.5. The molecule has 0 aliphatic rings. The third-order valence-electron chi connectivity index (χ3n) is 4.18. The predicted molar refractivity (Wildman–Crippen MR) is 101 cm³/mol. The van der Waals surface area contributed by atoms with Gasteiger partial charge in [0.1, 0.15) is 5.82 Å². The average molecular weight is 375 g/mol. The van der Waals surface area contributed by atoms with Crippen molar-refractivity contribution in [3.05, 3.63) is 52.2 Å². The summed E-state index contributed by atoms with van der Waals surface area (Å²) in [5, 5.41) is 12.7. The summed E-state index contributed by atoms with van der Waals surface area (Å²) < 4.78 is 21.6. The minimum atomic E-state index is -0.344. The van der Waals surface area contributed by atoms with Gasteiger partial charge in [-0.1, -0.05) is 43.6 Å². The molecule has 0 saturated carbocycles. The number of fused-ring (bicyclic) bond motifs is 1. The minimum Gasteiger partial charge on any atom is -0.478 e. The first-order valence-corrected chi connectivity index (χ1v) is 8.78. The number of halogens is 2. The highest BCUT2D eigenvalue weighted by Gasteiger charge is 2.24. The fraction of sp³-hybridized carbons (Fsp3) is 0.316. The molecule has 136 valence electrons. The maximum Gasteiger partial charge on any atom is 0.216 e. The monoisotopic (exact) mass is 374 g/mol. The van der Waals surface area contributed by atoms with Crippen LogP contribution >= 0.6 is 11.6 Å². The lowest BCUT2D eigenvalue weighted by molar-refractivity contribution is 0.325. The van der Waals surface area contributed by atoms with E-state index in [1.54, 1.807) is 35.8 Å². The Kier molecular flexibility index (Phi) is 4.96. The van der Waals surface area contributed by atoms with E-state index in [9.17, 15) is 4.39 Å². The van der Waals surface area contributed by atoms with Crippen molar-refractivity contribution >= 4 is 23.1 Å². The second kappa shape index (κ2) is 7.03. The van der Waals surface area contributed by atoms with Crippen molar-refractivity contribution in [2.24, 2.45) is 0 Å². The van der Waals surface area contributed by atoms with E-state index >= 15 is 0 Å². The maximum absolute atomic E-state index is 14.7. The average Bonchev–Trinajstić information content (AvgIpc) is 2.92. The first-order chi connectivity index (χ1) is 12.4. The molecule has 2 heterocycles. The summed E-state index contributed by atoms with van der Waals surface area (Å²) in [4.78, 5) is 4.42. The van der Waals surface area contributed by atoms with Crippen LogP contribution in [0.4, 0.5) is 4.39 Å². The molecule has 0 fully saturated rings. The standard InChI is InChI=1S/C19H20ClFN4O/c1-5-26-18(22)13-9-23-19-14(12-8-6-7-11(4)15(12)21)17(20)24-25(19)16(13)10(2)3/h6-10,22H,5H2,1-4H3. The Morgan fingerprint density at radius 1 is 1.38 bits per heavy atom. The van der Waals surface area contributed by atoms with E-state index in [2.05, 4.69) is 10.1 Å². The topological polar surface area (TPSA) is 63.3 Å². The summed E-state index contributed by atoms with van der Waals surface area (Å²) in [6.45, 7) is 7.87.